The van der Waals surface area contributed by atoms with E-state index in [0.29, 0.717) is 38.0 Å². The van der Waals surface area contributed by atoms with Crippen LogP contribution in [0.25, 0.3) is 22.3 Å². The molecule has 0 bridgehead atoms. The number of nitrogens with one attached hydrogen (secondary N) is 2. The van der Waals surface area contributed by atoms with Gasteiger partial charge in [-0.15, -0.1) is 0 Å². The molecule has 0 spiro atoms. The van der Waals surface area contributed by atoms with Gasteiger partial charge in [0, 0.05) is 114 Å². The average molecular weight is 1080 g/mol. The Bertz CT molecular complexity index is 3330. The number of hydrogen-bond acceptors (Lipinski definition) is 12. The molecule has 5 heterocycles. The van der Waals surface area contributed by atoms with Crippen molar-refractivity contribution in [2.45, 2.75) is 89.4 Å². The maximum absolute atomic E-state index is 14.4. The Morgan fingerprint density at radius 2 is 1.21 bits per heavy atom. The van der Waals surface area contributed by atoms with Crippen LogP contribution in [0, 0.1) is 11.6 Å². The van der Waals surface area contributed by atoms with Crippen molar-refractivity contribution in [3.63, 3.8) is 0 Å². The van der Waals surface area contributed by atoms with Crippen LogP contribution in [0.2, 0.25) is 10.0 Å². The van der Waals surface area contributed by atoms with Gasteiger partial charge in [-0.3, -0.25) is 19.3 Å². The first kappa shape index (κ1) is 56.9. The number of hydrogen-bond donors (Lipinski definition) is 3. The number of sulfonamides is 2. The van der Waals surface area contributed by atoms with Crippen LogP contribution in [0.1, 0.15) is 90.4 Å². The number of carbonyl (C=O) groups is 1. The second-order valence-corrected chi connectivity index (χ2v) is 21.7. The maximum Gasteiger partial charge on any atom is 0.388 e. The van der Waals surface area contributed by atoms with Crippen molar-refractivity contribution >= 4 is 72.4 Å². The molecule has 18 nitrogen and oxygen atoms in total. The number of carbonyl (C=O) groups excluding carboxylic acids is 1. The van der Waals surface area contributed by atoms with Gasteiger partial charge in [0.1, 0.15) is 11.6 Å². The molecule has 0 atom stereocenters. The molecule has 0 radical (unpaired) electrons. The third-order valence-corrected chi connectivity index (χ3v) is 13.3. The molecular formula is C49H56Cl2F2N12O6S2. The van der Waals surface area contributed by atoms with E-state index in [1.807, 2.05) is 79.1 Å². The summed E-state index contributed by atoms with van der Waals surface area (Å²) in [6.45, 7) is 15.0. The number of benzene rings is 2. The molecule has 388 valence electrons. The number of nitrogens with zero attached hydrogens (tertiary/aromatic N) is 9. The summed E-state index contributed by atoms with van der Waals surface area (Å²) in [5.41, 5.74) is 11.2. The van der Waals surface area contributed by atoms with Crippen molar-refractivity contribution in [1.82, 2.24) is 34.3 Å². The number of nitrogen functional groups attached to an aromatic ring is 1. The molecule has 0 aliphatic heterocycles. The highest BCUT2D eigenvalue weighted by Gasteiger charge is 2.26. The molecule has 73 heavy (non-hydrogen) atoms. The van der Waals surface area contributed by atoms with Crippen LogP contribution in [0.4, 0.5) is 30.6 Å². The monoisotopic (exact) mass is 1080 g/mol. The van der Waals surface area contributed by atoms with Gasteiger partial charge in [-0.05, 0) is 99.2 Å². The Labute approximate surface area is 433 Å². The lowest BCUT2D eigenvalue weighted by Gasteiger charge is -2.19. The Morgan fingerprint density at radius 3 is 1.68 bits per heavy atom. The van der Waals surface area contributed by atoms with Crippen molar-refractivity contribution in [2.24, 2.45) is 4.40 Å². The van der Waals surface area contributed by atoms with Gasteiger partial charge in [0.25, 0.3) is 16.0 Å². The third kappa shape index (κ3) is 15.0. The number of aromatic nitrogens is 7. The molecule has 0 aliphatic rings. The van der Waals surface area contributed by atoms with Crippen LogP contribution in [0.5, 0.6) is 0 Å². The lowest BCUT2D eigenvalue weighted by atomic mass is 9.94. The first-order valence-electron chi connectivity index (χ1n) is 22.5. The minimum absolute atomic E-state index is 0.0163. The number of amides is 2. The van der Waals surface area contributed by atoms with Crippen LogP contribution < -0.4 is 30.3 Å². The summed E-state index contributed by atoms with van der Waals surface area (Å²) in [5, 5.41) is 22.8. The highest BCUT2D eigenvalue weighted by molar-refractivity contribution is 7.90. The van der Waals surface area contributed by atoms with Gasteiger partial charge in [0.15, 0.2) is 5.03 Å². The predicted octanol–water partition coefficient (Wildman–Crippen LogP) is 8.97. The van der Waals surface area contributed by atoms with Gasteiger partial charge < -0.3 is 21.1 Å². The van der Waals surface area contributed by atoms with Gasteiger partial charge in [-0.25, -0.2) is 22.9 Å². The third-order valence-electron chi connectivity index (χ3n) is 10.6. The fraction of sp³-hybridized carbons (Fsp3) is 0.286. The Kier molecular flexibility index (Phi) is 18.8. The molecule has 7 rings (SSSR count). The standard InChI is InChI=1S/C21H23ClFN5O3S.C14H14ClFN2.C14H19N5O3S/c1-12(2)17-8-16(23)9-18(14-7-15(22)11-24-10-14)20(17)25-21(29)27-32(30,31)19-5-6-28(26-19)13(3)4;1-8(2)12-4-11(16)5-13(14(12)17)9-3-10(15)7-18-6-9;1-11(2)19-10-7-13(15-19)23(21,22)16-14(20)18-8-5-12(6-9-18)17(3)4/h5-13H,1-4H3,(H2,25,27,29);3-8H,17H2,1-2H3;5-11H,1-4H3. The van der Waals surface area contributed by atoms with Crippen LogP contribution in [0.15, 0.2) is 125 Å². The molecule has 0 saturated heterocycles. The van der Waals surface area contributed by atoms with Gasteiger partial charge in [-0.2, -0.15) is 27.0 Å². The lowest BCUT2D eigenvalue weighted by molar-refractivity contribution is -0.613. The quantitative estimate of drug-likeness (QED) is 0.0450. The van der Waals surface area contributed by atoms with Gasteiger partial charge in [-0.1, -0.05) is 50.9 Å². The van der Waals surface area contributed by atoms with E-state index >= 15 is 0 Å². The molecule has 5 aromatic heterocycles. The molecule has 2 aromatic carbocycles. The molecule has 7 aromatic rings. The zero-order chi connectivity index (χ0) is 54.1. The number of halogens is 4. The zero-order valence-electron chi connectivity index (χ0n) is 41.6. The van der Waals surface area contributed by atoms with Gasteiger partial charge in [0.2, 0.25) is 5.03 Å². The van der Waals surface area contributed by atoms with E-state index in [0.717, 1.165) is 21.4 Å². The number of anilines is 3. The zero-order valence-corrected chi connectivity index (χ0v) is 44.7. The van der Waals surface area contributed by atoms with Crippen LogP contribution in [-0.4, -0.2) is 72.5 Å². The van der Waals surface area contributed by atoms with E-state index in [1.54, 1.807) is 30.5 Å². The SMILES string of the molecule is CC(C)c1cc(F)cc(-c2cncc(Cl)c2)c1N.CC(C)c1cc(F)cc(-c2cncc(Cl)c2)c1NC(=O)NS(=O)(=O)c1ccn(C(C)C)n1.CC(C)n1ccc(S(=O)(=O)N=C([O-])[n+]2ccc(N(C)C)cc2)n1. The van der Waals surface area contributed by atoms with E-state index in [2.05, 4.69) is 29.9 Å². The minimum Gasteiger partial charge on any atom is -0.806 e. The largest absolute Gasteiger partial charge is 0.806 e. The van der Waals surface area contributed by atoms with Crippen molar-refractivity contribution in [1.29, 1.82) is 0 Å². The van der Waals surface area contributed by atoms with E-state index in [-0.39, 0.29) is 45.5 Å². The smallest absolute Gasteiger partial charge is 0.388 e. The Morgan fingerprint density at radius 1 is 0.726 bits per heavy atom. The van der Waals surface area contributed by atoms with E-state index in [4.69, 9.17) is 28.9 Å². The van der Waals surface area contributed by atoms with Crippen molar-refractivity contribution < 1.29 is 40.1 Å². The molecule has 0 unspecified atom stereocenters. The summed E-state index contributed by atoms with van der Waals surface area (Å²) in [6, 6.07) is 12.8. The number of nitrogens with two attached hydrogens (primary N) is 1. The summed E-state index contributed by atoms with van der Waals surface area (Å²) in [5.74, 6) is -0.832. The highest BCUT2D eigenvalue weighted by Crippen LogP contribution is 2.37. The molecular weight excluding hydrogens is 1030 g/mol. The maximum atomic E-state index is 14.4. The number of pyridine rings is 3. The van der Waals surface area contributed by atoms with Gasteiger partial charge >= 0.3 is 16.1 Å². The molecule has 4 N–H and O–H groups in total. The minimum atomic E-state index is -4.22. The fourth-order valence-electron chi connectivity index (χ4n) is 6.78. The highest BCUT2D eigenvalue weighted by atomic mass is 35.5. The van der Waals surface area contributed by atoms with E-state index in [1.165, 1.54) is 89.1 Å². The molecule has 2 amide bonds. The second kappa shape index (κ2) is 24.1. The fourth-order valence-corrected chi connectivity index (χ4v) is 8.79. The van der Waals surface area contributed by atoms with Crippen LogP contribution in [0.3, 0.4) is 0 Å². The second-order valence-electron chi connectivity index (χ2n) is 17.7. The lowest BCUT2D eigenvalue weighted by Crippen LogP contribution is -2.51. The first-order chi connectivity index (χ1) is 34.2. The number of urea groups is 1. The Hall–Kier alpha value is -7.01. The summed E-state index contributed by atoms with van der Waals surface area (Å²) < 4.78 is 86.8. The van der Waals surface area contributed by atoms with Crippen molar-refractivity contribution in [2.75, 3.05) is 30.0 Å². The average Bonchev–Trinajstić information content (AvgIpc) is 4.04. The summed E-state index contributed by atoms with van der Waals surface area (Å²) >= 11 is 11.9. The molecule has 24 heteroatoms. The Balaban J connectivity index is 0.000000212. The predicted molar refractivity (Wildman–Crippen MR) is 277 cm³/mol. The van der Waals surface area contributed by atoms with Crippen LogP contribution in [-0.2, 0) is 20.0 Å². The molecule has 0 aliphatic carbocycles. The van der Waals surface area contributed by atoms with E-state index in [9.17, 15) is 35.5 Å². The topological polar surface area (TPSA) is 239 Å². The summed E-state index contributed by atoms with van der Waals surface area (Å²) in [6.07, 6.45) is 12.0. The summed E-state index contributed by atoms with van der Waals surface area (Å²) in [7, 11) is -4.63. The number of rotatable bonds is 12. The normalized spacial score (nSPS) is 11.8. The molecule has 0 saturated carbocycles. The van der Waals surface area contributed by atoms with Crippen LogP contribution >= 0.6 is 23.2 Å². The molecule has 0 fully saturated rings. The van der Waals surface area contributed by atoms with Crippen molar-refractivity contribution in [3.05, 3.63) is 143 Å². The van der Waals surface area contributed by atoms with Crippen molar-refractivity contribution in [3.8, 4) is 22.3 Å². The summed E-state index contributed by atoms with van der Waals surface area (Å²) in [4.78, 5) is 22.6. The first-order valence-corrected chi connectivity index (χ1v) is 26.1. The van der Waals surface area contributed by atoms with Gasteiger partial charge in [0.05, 0.1) is 28.1 Å². The van der Waals surface area contributed by atoms with E-state index < -0.39 is 37.9 Å².